The van der Waals surface area contributed by atoms with Crippen LogP contribution in [0.4, 0.5) is 0 Å². The zero-order chi connectivity index (χ0) is 17.0. The second-order valence-corrected chi connectivity index (χ2v) is 8.59. The molecule has 1 atom stereocenters. The number of aliphatic hydroxyl groups is 1. The first-order valence-electron chi connectivity index (χ1n) is 10.4. The van der Waals surface area contributed by atoms with Gasteiger partial charge < -0.3 is 10.0 Å². The molecule has 1 heterocycles. The van der Waals surface area contributed by atoms with E-state index in [-0.39, 0.29) is 6.10 Å². The summed E-state index contributed by atoms with van der Waals surface area (Å²) < 4.78 is 0. The second kappa shape index (κ2) is 12.3. The minimum absolute atomic E-state index is 0.106. The molecule has 0 aliphatic carbocycles. The van der Waals surface area contributed by atoms with Gasteiger partial charge in [-0.3, -0.25) is 0 Å². The molecular formula is C21H43NO. The van der Waals surface area contributed by atoms with Gasteiger partial charge in [0.1, 0.15) is 0 Å². The maximum atomic E-state index is 10.2. The van der Waals surface area contributed by atoms with Crippen molar-refractivity contribution in [1.82, 2.24) is 4.90 Å². The van der Waals surface area contributed by atoms with E-state index in [2.05, 4.69) is 25.7 Å². The Hall–Kier alpha value is -0.0800. The molecule has 0 radical (unpaired) electrons. The Kier molecular flexibility index (Phi) is 11.2. The van der Waals surface area contributed by atoms with Crippen molar-refractivity contribution in [3.63, 3.8) is 0 Å². The van der Waals surface area contributed by atoms with E-state index in [1.807, 2.05) is 0 Å². The minimum atomic E-state index is -0.106. The van der Waals surface area contributed by atoms with Crippen molar-refractivity contribution in [2.45, 2.75) is 110 Å². The summed E-state index contributed by atoms with van der Waals surface area (Å²) in [4.78, 5) is 2.46. The third-order valence-electron chi connectivity index (χ3n) is 5.57. The van der Waals surface area contributed by atoms with Crippen LogP contribution in [-0.4, -0.2) is 35.7 Å². The predicted molar refractivity (Wildman–Crippen MR) is 102 cm³/mol. The maximum absolute atomic E-state index is 10.2. The van der Waals surface area contributed by atoms with E-state index in [0.717, 1.165) is 13.0 Å². The highest BCUT2D eigenvalue weighted by Gasteiger charge is 2.25. The highest BCUT2D eigenvalue weighted by Crippen LogP contribution is 2.29. The second-order valence-electron chi connectivity index (χ2n) is 8.59. The van der Waals surface area contributed by atoms with Crippen LogP contribution in [-0.2, 0) is 0 Å². The standard InChI is InChI=1S/C21H43NO/c1-4-5-6-7-8-9-10-11-12-13-14-20(23)19-22-17-15-21(2,3)16-18-22/h20,23H,4-19H2,1-3H3. The Morgan fingerprint density at radius 1 is 0.826 bits per heavy atom. The van der Waals surface area contributed by atoms with Crippen LogP contribution in [0.2, 0.25) is 0 Å². The third-order valence-corrected chi connectivity index (χ3v) is 5.57. The number of nitrogens with zero attached hydrogens (tertiary/aromatic N) is 1. The Bertz CT molecular complexity index is 267. The van der Waals surface area contributed by atoms with Gasteiger partial charge in [0.2, 0.25) is 0 Å². The Balaban J connectivity index is 1.88. The summed E-state index contributed by atoms with van der Waals surface area (Å²) in [6.45, 7) is 10.2. The van der Waals surface area contributed by atoms with Crippen molar-refractivity contribution in [3.05, 3.63) is 0 Å². The Morgan fingerprint density at radius 3 is 1.83 bits per heavy atom. The maximum Gasteiger partial charge on any atom is 0.0667 e. The van der Waals surface area contributed by atoms with Gasteiger partial charge in [-0.2, -0.15) is 0 Å². The fourth-order valence-electron chi connectivity index (χ4n) is 3.60. The number of likely N-dealkylation sites (tertiary alicyclic amines) is 1. The van der Waals surface area contributed by atoms with Crippen molar-refractivity contribution >= 4 is 0 Å². The van der Waals surface area contributed by atoms with Crippen LogP contribution >= 0.6 is 0 Å². The SMILES string of the molecule is CCCCCCCCCCCCC(O)CN1CCC(C)(C)CC1. The number of β-amino-alcohol motifs (C(OH)–C–C–N with tert-alkyl or cyclic N) is 1. The molecule has 1 saturated heterocycles. The van der Waals surface area contributed by atoms with Crippen molar-refractivity contribution in [2.75, 3.05) is 19.6 Å². The molecule has 0 aromatic carbocycles. The van der Waals surface area contributed by atoms with Crippen LogP contribution in [0.15, 0.2) is 0 Å². The lowest BCUT2D eigenvalue weighted by Gasteiger charge is -2.37. The smallest absolute Gasteiger partial charge is 0.0667 e. The van der Waals surface area contributed by atoms with Gasteiger partial charge >= 0.3 is 0 Å². The molecule has 0 aromatic heterocycles. The van der Waals surface area contributed by atoms with Crippen molar-refractivity contribution in [2.24, 2.45) is 5.41 Å². The number of hydrogen-bond acceptors (Lipinski definition) is 2. The molecule has 0 amide bonds. The number of hydrogen-bond donors (Lipinski definition) is 1. The topological polar surface area (TPSA) is 23.5 Å². The fraction of sp³-hybridized carbons (Fsp3) is 1.00. The average molecular weight is 326 g/mol. The third kappa shape index (κ3) is 11.2. The van der Waals surface area contributed by atoms with Gasteiger partial charge in [0.25, 0.3) is 0 Å². The number of piperidine rings is 1. The minimum Gasteiger partial charge on any atom is -0.392 e. The molecule has 1 fully saturated rings. The van der Waals surface area contributed by atoms with Gasteiger partial charge in [-0.1, -0.05) is 85.0 Å². The van der Waals surface area contributed by atoms with Gasteiger partial charge in [0.05, 0.1) is 6.10 Å². The first-order chi connectivity index (χ1) is 11.0. The zero-order valence-corrected chi connectivity index (χ0v) is 16.3. The van der Waals surface area contributed by atoms with E-state index in [1.165, 1.54) is 90.1 Å². The Labute approximate surface area is 146 Å². The molecule has 1 unspecified atom stereocenters. The van der Waals surface area contributed by atoms with Gasteiger partial charge in [-0.05, 0) is 37.8 Å². The normalized spacial score (nSPS) is 19.8. The predicted octanol–water partition coefficient (Wildman–Crippen LogP) is 5.78. The highest BCUT2D eigenvalue weighted by molar-refractivity contribution is 4.79. The lowest BCUT2D eigenvalue weighted by molar-refractivity contribution is 0.0652. The van der Waals surface area contributed by atoms with E-state index in [9.17, 15) is 5.11 Å². The molecule has 2 nitrogen and oxygen atoms in total. The summed E-state index contributed by atoms with van der Waals surface area (Å²) in [7, 11) is 0. The van der Waals surface area contributed by atoms with E-state index < -0.39 is 0 Å². The first kappa shape index (κ1) is 21.0. The van der Waals surface area contributed by atoms with Crippen LogP contribution in [0.5, 0.6) is 0 Å². The molecular weight excluding hydrogens is 282 g/mol. The van der Waals surface area contributed by atoms with Crippen molar-refractivity contribution < 1.29 is 5.11 Å². The summed E-state index contributed by atoms with van der Waals surface area (Å²) >= 11 is 0. The van der Waals surface area contributed by atoms with Crippen LogP contribution < -0.4 is 0 Å². The quantitative estimate of drug-likeness (QED) is 0.434. The molecule has 1 rings (SSSR count). The molecule has 0 spiro atoms. The van der Waals surface area contributed by atoms with E-state index >= 15 is 0 Å². The molecule has 1 aliphatic rings. The summed E-state index contributed by atoms with van der Waals surface area (Å²) in [5.74, 6) is 0. The van der Waals surface area contributed by atoms with Gasteiger partial charge in [0.15, 0.2) is 0 Å². The van der Waals surface area contributed by atoms with E-state index in [1.54, 1.807) is 0 Å². The zero-order valence-electron chi connectivity index (χ0n) is 16.3. The first-order valence-corrected chi connectivity index (χ1v) is 10.4. The van der Waals surface area contributed by atoms with E-state index in [0.29, 0.717) is 5.41 Å². The van der Waals surface area contributed by atoms with Crippen LogP contribution in [0.25, 0.3) is 0 Å². The fourth-order valence-corrected chi connectivity index (χ4v) is 3.60. The molecule has 2 heteroatoms. The molecule has 23 heavy (non-hydrogen) atoms. The number of rotatable bonds is 13. The molecule has 0 saturated carbocycles. The van der Waals surface area contributed by atoms with Gasteiger partial charge in [0, 0.05) is 6.54 Å². The number of unbranched alkanes of at least 4 members (excludes halogenated alkanes) is 9. The largest absolute Gasteiger partial charge is 0.392 e. The summed E-state index contributed by atoms with van der Waals surface area (Å²) in [5.41, 5.74) is 0.512. The van der Waals surface area contributed by atoms with Crippen molar-refractivity contribution in [1.29, 1.82) is 0 Å². The molecule has 0 aromatic rings. The lowest BCUT2D eigenvalue weighted by atomic mass is 9.82. The van der Waals surface area contributed by atoms with Crippen molar-refractivity contribution in [3.8, 4) is 0 Å². The van der Waals surface area contributed by atoms with Crippen LogP contribution in [0.1, 0.15) is 104 Å². The summed E-state index contributed by atoms with van der Waals surface area (Å²) in [6, 6.07) is 0. The lowest BCUT2D eigenvalue weighted by Crippen LogP contribution is -2.41. The number of aliphatic hydroxyl groups excluding tert-OH is 1. The molecule has 1 N–H and O–H groups in total. The van der Waals surface area contributed by atoms with Gasteiger partial charge in [-0.25, -0.2) is 0 Å². The summed E-state index contributed by atoms with van der Waals surface area (Å²) in [5, 5.41) is 10.2. The molecule has 0 bridgehead atoms. The van der Waals surface area contributed by atoms with Crippen LogP contribution in [0.3, 0.4) is 0 Å². The molecule has 1 aliphatic heterocycles. The monoisotopic (exact) mass is 325 g/mol. The summed E-state index contributed by atoms with van der Waals surface area (Å²) in [6.07, 6.45) is 17.2. The van der Waals surface area contributed by atoms with E-state index in [4.69, 9.17) is 0 Å². The Morgan fingerprint density at radius 2 is 1.30 bits per heavy atom. The van der Waals surface area contributed by atoms with Crippen LogP contribution in [0, 0.1) is 5.41 Å². The molecule has 138 valence electrons. The highest BCUT2D eigenvalue weighted by atomic mass is 16.3. The average Bonchev–Trinajstić information content (AvgIpc) is 2.51. The van der Waals surface area contributed by atoms with Gasteiger partial charge in [-0.15, -0.1) is 0 Å².